The number of benzene rings is 1. The molecule has 7 heteroatoms. The molecule has 4 nitrogen and oxygen atoms in total. The first kappa shape index (κ1) is 14.4. The van der Waals surface area contributed by atoms with Gasteiger partial charge in [0.1, 0.15) is 5.69 Å². The summed E-state index contributed by atoms with van der Waals surface area (Å²) in [6.45, 7) is 1.52. The van der Waals surface area contributed by atoms with Gasteiger partial charge in [-0.3, -0.25) is 15.0 Å². The van der Waals surface area contributed by atoms with E-state index < -0.39 is 23.5 Å². The van der Waals surface area contributed by atoms with Crippen molar-refractivity contribution in [1.29, 1.82) is 0 Å². The second-order valence-corrected chi connectivity index (χ2v) is 4.48. The van der Waals surface area contributed by atoms with E-state index in [4.69, 9.17) is 0 Å². The fourth-order valence-corrected chi connectivity index (χ4v) is 2.09. The van der Waals surface area contributed by atoms with Crippen LogP contribution in [0, 0.1) is 0 Å². The minimum Gasteiger partial charge on any atom is -0.389 e. The average molecular weight is 286 g/mol. The first-order valence-electron chi connectivity index (χ1n) is 5.93. The van der Waals surface area contributed by atoms with Crippen LogP contribution in [0.15, 0.2) is 29.1 Å². The zero-order chi connectivity index (χ0) is 14.9. The van der Waals surface area contributed by atoms with Gasteiger partial charge in [-0.2, -0.15) is 13.2 Å². The van der Waals surface area contributed by atoms with Crippen molar-refractivity contribution in [3.8, 4) is 0 Å². The van der Waals surface area contributed by atoms with Crippen LogP contribution in [0.4, 0.5) is 13.2 Å². The van der Waals surface area contributed by atoms with Crippen molar-refractivity contribution in [2.45, 2.75) is 25.6 Å². The van der Waals surface area contributed by atoms with Crippen molar-refractivity contribution < 1.29 is 18.3 Å². The number of rotatable bonds is 3. The maximum absolute atomic E-state index is 12.8. The van der Waals surface area contributed by atoms with Gasteiger partial charge in [0, 0.05) is 6.42 Å². The molecule has 3 N–H and O–H groups in total. The standard InChI is InChI=1S/C13H13F3N2O2/c1-7(19)9-5-3-2-4-8(9)6-10-11(13(14,15)16)17-18-12(10)20/h2-5,7,19H,6H2,1H3,(H2,17,18,20). The molecule has 0 amide bonds. The molecule has 0 aliphatic heterocycles. The fraction of sp³-hybridized carbons (Fsp3) is 0.308. The van der Waals surface area contributed by atoms with Crippen LogP contribution in [-0.2, 0) is 12.6 Å². The number of alkyl halides is 3. The molecule has 1 aromatic carbocycles. The van der Waals surface area contributed by atoms with Crippen molar-refractivity contribution in [1.82, 2.24) is 10.2 Å². The molecule has 1 aromatic heterocycles. The third-order valence-electron chi connectivity index (χ3n) is 3.03. The van der Waals surface area contributed by atoms with Gasteiger partial charge in [0.15, 0.2) is 0 Å². The summed E-state index contributed by atoms with van der Waals surface area (Å²) in [6.07, 6.45) is -5.65. The number of aliphatic hydroxyl groups is 1. The Morgan fingerprint density at radius 1 is 1.25 bits per heavy atom. The average Bonchev–Trinajstić information content (AvgIpc) is 2.71. The molecule has 0 spiro atoms. The minimum absolute atomic E-state index is 0.200. The van der Waals surface area contributed by atoms with E-state index in [1.165, 1.54) is 6.92 Å². The molecule has 0 aliphatic carbocycles. The summed E-state index contributed by atoms with van der Waals surface area (Å²) in [4.78, 5) is 11.5. The van der Waals surface area contributed by atoms with Crippen molar-refractivity contribution in [3.05, 3.63) is 57.0 Å². The molecular weight excluding hydrogens is 273 g/mol. The second-order valence-electron chi connectivity index (χ2n) is 4.48. The third-order valence-corrected chi connectivity index (χ3v) is 3.03. The van der Waals surface area contributed by atoms with E-state index in [9.17, 15) is 23.1 Å². The highest BCUT2D eigenvalue weighted by Gasteiger charge is 2.36. The summed E-state index contributed by atoms with van der Waals surface area (Å²) in [6, 6.07) is 6.54. The summed E-state index contributed by atoms with van der Waals surface area (Å²) >= 11 is 0. The van der Waals surface area contributed by atoms with E-state index in [1.807, 2.05) is 10.2 Å². The lowest BCUT2D eigenvalue weighted by Crippen LogP contribution is -2.14. The number of aromatic nitrogens is 2. The van der Waals surface area contributed by atoms with Gasteiger partial charge in [-0.1, -0.05) is 24.3 Å². The monoisotopic (exact) mass is 286 g/mol. The summed E-state index contributed by atoms with van der Waals surface area (Å²) in [7, 11) is 0. The Labute approximate surface area is 112 Å². The van der Waals surface area contributed by atoms with E-state index in [2.05, 4.69) is 0 Å². The lowest BCUT2D eigenvalue weighted by Gasteiger charge is -2.12. The Morgan fingerprint density at radius 2 is 1.90 bits per heavy atom. The largest absolute Gasteiger partial charge is 0.433 e. The fourth-order valence-electron chi connectivity index (χ4n) is 2.09. The highest BCUT2D eigenvalue weighted by atomic mass is 19.4. The second kappa shape index (κ2) is 5.16. The maximum Gasteiger partial charge on any atom is 0.433 e. The number of aromatic amines is 2. The molecule has 0 saturated heterocycles. The van der Waals surface area contributed by atoms with Crippen LogP contribution in [0.1, 0.15) is 35.4 Å². The highest BCUT2D eigenvalue weighted by molar-refractivity contribution is 5.35. The van der Waals surface area contributed by atoms with E-state index >= 15 is 0 Å². The molecule has 0 radical (unpaired) electrons. The van der Waals surface area contributed by atoms with Gasteiger partial charge in [-0.25, -0.2) is 0 Å². The molecule has 20 heavy (non-hydrogen) atoms. The van der Waals surface area contributed by atoms with Gasteiger partial charge in [0.2, 0.25) is 0 Å². The number of nitrogens with one attached hydrogen (secondary N) is 2. The van der Waals surface area contributed by atoms with Crippen LogP contribution in [0.3, 0.4) is 0 Å². The number of hydrogen-bond acceptors (Lipinski definition) is 2. The summed E-state index contributed by atoms with van der Waals surface area (Å²) < 4.78 is 38.4. The summed E-state index contributed by atoms with van der Waals surface area (Å²) in [5, 5.41) is 13.4. The molecule has 1 atom stereocenters. The van der Waals surface area contributed by atoms with Crippen molar-refractivity contribution in [2.24, 2.45) is 0 Å². The Morgan fingerprint density at radius 3 is 2.50 bits per heavy atom. The number of hydrogen-bond donors (Lipinski definition) is 3. The summed E-state index contributed by atoms with van der Waals surface area (Å²) in [5.41, 5.74) is -1.29. The molecule has 0 saturated carbocycles. The van der Waals surface area contributed by atoms with E-state index in [0.29, 0.717) is 11.1 Å². The van der Waals surface area contributed by atoms with Crippen LogP contribution in [0.2, 0.25) is 0 Å². The van der Waals surface area contributed by atoms with Crippen LogP contribution in [0.5, 0.6) is 0 Å². The first-order valence-corrected chi connectivity index (χ1v) is 5.93. The van der Waals surface area contributed by atoms with Gasteiger partial charge in [0.05, 0.1) is 11.7 Å². The lowest BCUT2D eigenvalue weighted by atomic mass is 9.97. The maximum atomic E-state index is 12.8. The Kier molecular flexibility index (Phi) is 3.71. The zero-order valence-electron chi connectivity index (χ0n) is 10.6. The van der Waals surface area contributed by atoms with Crippen LogP contribution in [0.25, 0.3) is 0 Å². The minimum atomic E-state index is -4.63. The van der Waals surface area contributed by atoms with Crippen LogP contribution >= 0.6 is 0 Å². The van der Waals surface area contributed by atoms with Crippen LogP contribution in [-0.4, -0.2) is 15.3 Å². The van der Waals surface area contributed by atoms with Crippen molar-refractivity contribution in [2.75, 3.05) is 0 Å². The smallest absolute Gasteiger partial charge is 0.389 e. The normalized spacial score (nSPS) is 13.4. The predicted molar refractivity (Wildman–Crippen MR) is 66.3 cm³/mol. The highest BCUT2D eigenvalue weighted by Crippen LogP contribution is 2.30. The Balaban J connectivity index is 2.46. The molecule has 0 fully saturated rings. The lowest BCUT2D eigenvalue weighted by molar-refractivity contribution is -0.141. The number of halogens is 3. The molecule has 1 heterocycles. The molecule has 2 aromatic rings. The Bertz CT molecular complexity index is 656. The SMILES string of the molecule is CC(O)c1ccccc1Cc1c(C(F)(F)F)[nH][nH]c1=O. The van der Waals surface area contributed by atoms with E-state index in [0.717, 1.165) is 0 Å². The van der Waals surface area contributed by atoms with Crippen molar-refractivity contribution in [3.63, 3.8) is 0 Å². The van der Waals surface area contributed by atoms with Gasteiger partial charge >= 0.3 is 6.18 Å². The molecule has 0 bridgehead atoms. The number of H-pyrrole nitrogens is 2. The first-order chi connectivity index (χ1) is 9.30. The summed E-state index contributed by atoms with van der Waals surface area (Å²) in [5.74, 6) is 0. The quantitative estimate of drug-likeness (QED) is 0.810. The molecule has 1 unspecified atom stereocenters. The van der Waals surface area contributed by atoms with Gasteiger partial charge in [-0.15, -0.1) is 0 Å². The zero-order valence-corrected chi connectivity index (χ0v) is 10.6. The Hall–Kier alpha value is -2.02. The molecule has 2 rings (SSSR count). The van der Waals surface area contributed by atoms with Crippen molar-refractivity contribution >= 4 is 0 Å². The van der Waals surface area contributed by atoms with Gasteiger partial charge < -0.3 is 5.11 Å². The predicted octanol–water partition coefficient (Wildman–Crippen LogP) is 2.37. The number of aliphatic hydroxyl groups excluding tert-OH is 1. The molecular formula is C13H13F3N2O2. The van der Waals surface area contributed by atoms with E-state index in [-0.39, 0.29) is 12.0 Å². The molecule has 0 aliphatic rings. The van der Waals surface area contributed by atoms with Gasteiger partial charge in [0.25, 0.3) is 5.56 Å². The topological polar surface area (TPSA) is 68.9 Å². The van der Waals surface area contributed by atoms with E-state index in [1.54, 1.807) is 24.3 Å². The molecule has 108 valence electrons. The third kappa shape index (κ3) is 2.77. The van der Waals surface area contributed by atoms with Gasteiger partial charge in [-0.05, 0) is 18.1 Å². The van der Waals surface area contributed by atoms with Crippen LogP contribution < -0.4 is 5.56 Å².